The summed E-state index contributed by atoms with van der Waals surface area (Å²) in [7, 11) is 0. The van der Waals surface area contributed by atoms with Crippen LogP contribution in [0.5, 0.6) is 0 Å². The van der Waals surface area contributed by atoms with Crippen molar-refractivity contribution in [1.82, 2.24) is 20.1 Å². The molecule has 6 heteroatoms. The van der Waals surface area contributed by atoms with Gasteiger partial charge in [-0.05, 0) is 19.4 Å². The summed E-state index contributed by atoms with van der Waals surface area (Å²) in [6.45, 7) is 4.49. The van der Waals surface area contributed by atoms with Crippen LogP contribution in [-0.2, 0) is 5.41 Å². The molecule has 0 fully saturated rings. The van der Waals surface area contributed by atoms with E-state index in [1.807, 2.05) is 13.8 Å². The summed E-state index contributed by atoms with van der Waals surface area (Å²) in [5.41, 5.74) is 5.45. The lowest BCUT2D eigenvalue weighted by Gasteiger charge is -2.20. The summed E-state index contributed by atoms with van der Waals surface area (Å²) >= 11 is 0. The van der Waals surface area contributed by atoms with Crippen molar-refractivity contribution in [3.8, 4) is 11.6 Å². The van der Waals surface area contributed by atoms with Crippen molar-refractivity contribution in [3.63, 3.8) is 0 Å². The molecule has 0 spiro atoms. The van der Waals surface area contributed by atoms with Crippen LogP contribution in [0, 0.1) is 0 Å². The molecule has 90 valence electrons. The number of rotatable bonds is 4. The largest absolute Gasteiger partial charge is 0.338 e. The van der Waals surface area contributed by atoms with E-state index in [0.29, 0.717) is 24.1 Å². The standard InChI is InChI=1S/C11H15N5O/c1-3-11(2,7-12)10-15-9(16-17-10)8-13-5-4-6-14-8/h4-6H,3,7,12H2,1-2H3. The fourth-order valence-electron chi connectivity index (χ4n) is 1.36. The Balaban J connectivity index is 2.34. The van der Waals surface area contributed by atoms with E-state index in [-0.39, 0.29) is 5.41 Å². The van der Waals surface area contributed by atoms with Gasteiger partial charge in [-0.3, -0.25) is 0 Å². The van der Waals surface area contributed by atoms with Crippen LogP contribution in [0.4, 0.5) is 0 Å². The Labute approximate surface area is 99.3 Å². The summed E-state index contributed by atoms with van der Waals surface area (Å²) in [6, 6.07) is 1.74. The Morgan fingerprint density at radius 1 is 1.29 bits per heavy atom. The van der Waals surface area contributed by atoms with Crippen LogP contribution in [0.1, 0.15) is 26.2 Å². The van der Waals surface area contributed by atoms with Crippen molar-refractivity contribution in [3.05, 3.63) is 24.4 Å². The third-order valence-electron chi connectivity index (χ3n) is 2.94. The minimum Gasteiger partial charge on any atom is -0.338 e. The van der Waals surface area contributed by atoms with Crippen molar-refractivity contribution in [2.75, 3.05) is 6.54 Å². The van der Waals surface area contributed by atoms with Gasteiger partial charge in [-0.2, -0.15) is 4.98 Å². The van der Waals surface area contributed by atoms with E-state index in [9.17, 15) is 0 Å². The van der Waals surface area contributed by atoms with E-state index in [1.165, 1.54) is 0 Å². The molecule has 0 aromatic carbocycles. The third kappa shape index (κ3) is 2.16. The van der Waals surface area contributed by atoms with Crippen LogP contribution in [0.15, 0.2) is 23.0 Å². The molecular formula is C11H15N5O. The van der Waals surface area contributed by atoms with Gasteiger partial charge in [0.25, 0.3) is 0 Å². The molecule has 0 saturated heterocycles. The molecule has 17 heavy (non-hydrogen) atoms. The first-order chi connectivity index (χ1) is 8.19. The van der Waals surface area contributed by atoms with E-state index in [0.717, 1.165) is 6.42 Å². The highest BCUT2D eigenvalue weighted by Crippen LogP contribution is 2.25. The van der Waals surface area contributed by atoms with Crippen molar-refractivity contribution in [2.45, 2.75) is 25.7 Å². The smallest absolute Gasteiger partial charge is 0.240 e. The zero-order valence-corrected chi connectivity index (χ0v) is 9.92. The van der Waals surface area contributed by atoms with Gasteiger partial charge in [0.15, 0.2) is 0 Å². The van der Waals surface area contributed by atoms with Gasteiger partial charge in [-0.1, -0.05) is 12.1 Å². The highest BCUT2D eigenvalue weighted by molar-refractivity contribution is 5.40. The van der Waals surface area contributed by atoms with Crippen LogP contribution >= 0.6 is 0 Å². The molecule has 0 aliphatic carbocycles. The molecule has 1 unspecified atom stereocenters. The van der Waals surface area contributed by atoms with Gasteiger partial charge in [0, 0.05) is 18.9 Å². The van der Waals surface area contributed by atoms with Crippen molar-refractivity contribution in [1.29, 1.82) is 0 Å². The molecule has 2 heterocycles. The lowest BCUT2D eigenvalue weighted by molar-refractivity contribution is 0.291. The zero-order chi connectivity index (χ0) is 12.3. The average molecular weight is 233 g/mol. The first-order valence-electron chi connectivity index (χ1n) is 5.51. The second kappa shape index (κ2) is 4.58. The molecule has 1 atom stereocenters. The van der Waals surface area contributed by atoms with E-state index in [2.05, 4.69) is 20.1 Å². The molecule has 2 N–H and O–H groups in total. The van der Waals surface area contributed by atoms with E-state index >= 15 is 0 Å². The van der Waals surface area contributed by atoms with Gasteiger partial charge in [0.05, 0.1) is 5.41 Å². The Morgan fingerprint density at radius 2 is 2.00 bits per heavy atom. The van der Waals surface area contributed by atoms with Crippen molar-refractivity contribution in [2.24, 2.45) is 5.73 Å². The van der Waals surface area contributed by atoms with E-state index in [1.54, 1.807) is 18.5 Å². The highest BCUT2D eigenvalue weighted by atomic mass is 16.5. The molecule has 2 aromatic rings. The van der Waals surface area contributed by atoms with E-state index < -0.39 is 0 Å². The Kier molecular flexibility index (Phi) is 3.14. The Hall–Kier alpha value is -1.82. The number of aromatic nitrogens is 4. The highest BCUT2D eigenvalue weighted by Gasteiger charge is 2.30. The van der Waals surface area contributed by atoms with Crippen LogP contribution < -0.4 is 5.73 Å². The minimum absolute atomic E-state index is 0.292. The van der Waals surface area contributed by atoms with Gasteiger partial charge in [0.1, 0.15) is 0 Å². The second-order valence-corrected chi connectivity index (χ2v) is 4.11. The fraction of sp³-hybridized carbons (Fsp3) is 0.455. The van der Waals surface area contributed by atoms with Crippen molar-refractivity contribution >= 4 is 0 Å². The SMILES string of the molecule is CCC(C)(CN)c1nc(-c2ncccn2)no1. The number of nitrogens with two attached hydrogens (primary N) is 1. The molecule has 0 aliphatic heterocycles. The topological polar surface area (TPSA) is 90.7 Å². The average Bonchev–Trinajstić information content (AvgIpc) is 2.89. The van der Waals surface area contributed by atoms with E-state index in [4.69, 9.17) is 10.3 Å². The van der Waals surface area contributed by atoms with Crippen LogP contribution in [0.25, 0.3) is 11.6 Å². The van der Waals surface area contributed by atoms with Crippen LogP contribution in [0.3, 0.4) is 0 Å². The summed E-state index contributed by atoms with van der Waals surface area (Å²) in [6.07, 6.45) is 4.11. The predicted octanol–water partition coefficient (Wildman–Crippen LogP) is 1.15. The fourth-order valence-corrected chi connectivity index (χ4v) is 1.36. The maximum atomic E-state index is 5.74. The molecule has 2 aromatic heterocycles. The minimum atomic E-state index is -0.292. The zero-order valence-electron chi connectivity index (χ0n) is 9.92. The molecule has 6 nitrogen and oxygen atoms in total. The second-order valence-electron chi connectivity index (χ2n) is 4.11. The first-order valence-corrected chi connectivity index (χ1v) is 5.51. The third-order valence-corrected chi connectivity index (χ3v) is 2.94. The first kappa shape index (κ1) is 11.7. The summed E-state index contributed by atoms with van der Waals surface area (Å²) in [4.78, 5) is 12.4. The Morgan fingerprint density at radius 3 is 2.59 bits per heavy atom. The molecule has 0 bridgehead atoms. The van der Waals surface area contributed by atoms with Gasteiger partial charge in [-0.15, -0.1) is 0 Å². The summed E-state index contributed by atoms with van der Waals surface area (Å²) < 4.78 is 5.24. The lowest BCUT2D eigenvalue weighted by atomic mass is 9.88. The predicted molar refractivity (Wildman–Crippen MR) is 62.0 cm³/mol. The maximum Gasteiger partial charge on any atom is 0.240 e. The lowest BCUT2D eigenvalue weighted by Crippen LogP contribution is -2.31. The van der Waals surface area contributed by atoms with Gasteiger partial charge < -0.3 is 10.3 Å². The quantitative estimate of drug-likeness (QED) is 0.851. The van der Waals surface area contributed by atoms with Gasteiger partial charge in [0.2, 0.25) is 17.5 Å². The monoisotopic (exact) mass is 233 g/mol. The van der Waals surface area contributed by atoms with Crippen LogP contribution in [-0.4, -0.2) is 26.7 Å². The Bertz CT molecular complexity index is 478. The maximum absolute atomic E-state index is 5.74. The molecule has 0 saturated carbocycles. The number of nitrogens with zero attached hydrogens (tertiary/aromatic N) is 4. The summed E-state index contributed by atoms with van der Waals surface area (Å²) in [5.74, 6) is 1.39. The van der Waals surface area contributed by atoms with Crippen molar-refractivity contribution < 1.29 is 4.52 Å². The molecule has 0 amide bonds. The molecule has 0 aliphatic rings. The number of hydrogen-bond acceptors (Lipinski definition) is 6. The number of hydrogen-bond donors (Lipinski definition) is 1. The van der Waals surface area contributed by atoms with Crippen LogP contribution in [0.2, 0.25) is 0 Å². The normalized spacial score (nSPS) is 14.5. The summed E-state index contributed by atoms with van der Waals surface area (Å²) in [5, 5.41) is 3.88. The molecule has 0 radical (unpaired) electrons. The molecule has 2 rings (SSSR count). The van der Waals surface area contributed by atoms with Gasteiger partial charge >= 0.3 is 0 Å². The molecular weight excluding hydrogens is 218 g/mol. The van der Waals surface area contributed by atoms with Gasteiger partial charge in [-0.25, -0.2) is 9.97 Å².